The molecule has 1 fully saturated rings. The Balaban J connectivity index is 2.36. The van der Waals surface area contributed by atoms with Crippen molar-refractivity contribution in [2.75, 3.05) is 0 Å². The first-order valence-electron chi connectivity index (χ1n) is 5.70. The highest BCUT2D eigenvalue weighted by atomic mass is 79.9. The van der Waals surface area contributed by atoms with Gasteiger partial charge in [-0.05, 0) is 73.1 Å². The first-order valence-corrected chi connectivity index (χ1v) is 8.08. The molecule has 0 radical (unpaired) electrons. The Hall–Kier alpha value is -0.470. The van der Waals surface area contributed by atoms with Crippen molar-refractivity contribution in [1.82, 2.24) is 9.55 Å². The molecule has 1 aromatic carbocycles. The zero-order chi connectivity index (χ0) is 13.7. The number of nitrogens with zero attached hydrogens (tertiary/aromatic N) is 3. The van der Waals surface area contributed by atoms with E-state index in [4.69, 9.17) is 0 Å². The first-order chi connectivity index (χ1) is 9.00. The van der Waals surface area contributed by atoms with Crippen molar-refractivity contribution in [2.24, 2.45) is 0 Å². The molecule has 1 aliphatic carbocycles. The number of hydrogen-bond donors (Lipinski definition) is 0. The van der Waals surface area contributed by atoms with E-state index in [1.807, 2.05) is 10.6 Å². The second-order valence-corrected chi connectivity index (χ2v) is 6.84. The van der Waals surface area contributed by atoms with Crippen LogP contribution < -0.4 is 0 Å². The predicted molar refractivity (Wildman–Crippen MR) is 82.4 cm³/mol. The lowest BCUT2D eigenvalue weighted by Crippen LogP contribution is -2.17. The highest BCUT2D eigenvalue weighted by molar-refractivity contribution is 9.13. The Bertz CT molecular complexity index is 694. The van der Waals surface area contributed by atoms with Crippen LogP contribution in [0.1, 0.15) is 25.3 Å². The molecule has 1 heterocycles. The summed E-state index contributed by atoms with van der Waals surface area (Å²) in [5, 5.41) is 11.3. The van der Waals surface area contributed by atoms with Crippen LogP contribution in [0.25, 0.3) is 11.0 Å². The topological polar surface area (TPSA) is 61.0 Å². The fourth-order valence-corrected chi connectivity index (χ4v) is 3.80. The lowest BCUT2D eigenvalue weighted by atomic mass is 9.93. The third kappa shape index (κ3) is 2.04. The molecule has 1 saturated carbocycles. The molecule has 8 heteroatoms. The first kappa shape index (κ1) is 13.5. The maximum absolute atomic E-state index is 11.3. The number of aromatic nitrogens is 2. The maximum atomic E-state index is 11.3. The third-order valence-corrected chi connectivity index (χ3v) is 5.95. The molecule has 0 amide bonds. The van der Waals surface area contributed by atoms with Crippen LogP contribution in [0, 0.1) is 10.1 Å². The van der Waals surface area contributed by atoms with Crippen molar-refractivity contribution >= 4 is 64.5 Å². The molecule has 0 aliphatic heterocycles. The number of hydrogen-bond acceptors (Lipinski definition) is 3. The molecule has 2 aromatic rings. The quantitative estimate of drug-likeness (QED) is 0.477. The molecule has 0 saturated heterocycles. The number of imidazole rings is 1. The van der Waals surface area contributed by atoms with Gasteiger partial charge >= 0.3 is 5.69 Å². The van der Waals surface area contributed by atoms with E-state index < -0.39 is 4.92 Å². The van der Waals surface area contributed by atoms with Gasteiger partial charge in [-0.25, -0.2) is 4.98 Å². The number of nitro benzene ring substituents is 1. The zero-order valence-electron chi connectivity index (χ0n) is 9.57. The summed E-state index contributed by atoms with van der Waals surface area (Å²) in [5.41, 5.74) is 1.21. The summed E-state index contributed by atoms with van der Waals surface area (Å²) in [6, 6.07) is 2.26. The molecule has 3 rings (SSSR count). The molecule has 19 heavy (non-hydrogen) atoms. The van der Waals surface area contributed by atoms with Crippen LogP contribution in [0.15, 0.2) is 19.7 Å². The van der Waals surface area contributed by atoms with Crippen molar-refractivity contribution in [1.29, 1.82) is 0 Å². The molecule has 0 bridgehead atoms. The van der Waals surface area contributed by atoms with Crippen LogP contribution in [0.5, 0.6) is 0 Å². The zero-order valence-corrected chi connectivity index (χ0v) is 14.3. The molecular formula is C11H8Br3N3O2. The van der Waals surface area contributed by atoms with Crippen LogP contribution in [0.2, 0.25) is 0 Å². The molecule has 0 N–H and O–H groups in total. The number of fused-ring (bicyclic) bond motifs is 1. The average molecular weight is 454 g/mol. The molecular weight excluding hydrogens is 446 g/mol. The maximum Gasteiger partial charge on any atom is 0.312 e. The smallest absolute Gasteiger partial charge is 0.312 e. The van der Waals surface area contributed by atoms with Crippen molar-refractivity contribution in [2.45, 2.75) is 25.3 Å². The average Bonchev–Trinajstić information content (AvgIpc) is 2.55. The summed E-state index contributed by atoms with van der Waals surface area (Å²) in [6.07, 6.45) is 3.37. The molecule has 100 valence electrons. The second-order valence-electron chi connectivity index (χ2n) is 4.48. The van der Waals surface area contributed by atoms with Crippen molar-refractivity contribution in [3.05, 3.63) is 29.9 Å². The van der Waals surface area contributed by atoms with Gasteiger partial charge in [-0.15, -0.1) is 0 Å². The van der Waals surface area contributed by atoms with E-state index in [9.17, 15) is 10.1 Å². The summed E-state index contributed by atoms with van der Waals surface area (Å²) < 4.78 is 3.79. The number of nitro groups is 1. The van der Waals surface area contributed by atoms with E-state index in [0.29, 0.717) is 25.2 Å². The fourth-order valence-electron chi connectivity index (χ4n) is 2.29. The lowest BCUT2D eigenvalue weighted by Gasteiger charge is -2.28. The SMILES string of the molecule is O=[N+]([O-])c1c(Br)c(Br)cc2c1nc(Br)n2C1CCC1. The van der Waals surface area contributed by atoms with Crippen molar-refractivity contribution in [3.8, 4) is 0 Å². The van der Waals surface area contributed by atoms with E-state index >= 15 is 0 Å². The van der Waals surface area contributed by atoms with E-state index in [-0.39, 0.29) is 5.69 Å². The van der Waals surface area contributed by atoms with E-state index in [0.717, 1.165) is 18.4 Å². The van der Waals surface area contributed by atoms with Gasteiger partial charge in [-0.2, -0.15) is 0 Å². The summed E-state index contributed by atoms with van der Waals surface area (Å²) in [7, 11) is 0. The molecule has 1 aromatic heterocycles. The largest absolute Gasteiger partial charge is 0.315 e. The van der Waals surface area contributed by atoms with Crippen molar-refractivity contribution < 1.29 is 4.92 Å². The summed E-state index contributed by atoms with van der Waals surface area (Å²) in [6.45, 7) is 0. The standard InChI is InChI=1S/C11H8Br3N3O2/c12-6-4-7-9(10(8(6)13)17(18)19)15-11(14)16(7)5-2-1-3-5/h4-5H,1-3H2. The summed E-state index contributed by atoms with van der Waals surface area (Å²) in [4.78, 5) is 15.2. The minimum absolute atomic E-state index is 0.00292. The lowest BCUT2D eigenvalue weighted by molar-refractivity contribution is -0.384. The van der Waals surface area contributed by atoms with E-state index in [2.05, 4.69) is 52.8 Å². The monoisotopic (exact) mass is 451 g/mol. The van der Waals surface area contributed by atoms with Crippen LogP contribution in [0.3, 0.4) is 0 Å². The summed E-state index contributed by atoms with van der Waals surface area (Å²) >= 11 is 10.0. The molecule has 5 nitrogen and oxygen atoms in total. The number of rotatable bonds is 2. The van der Waals surface area contributed by atoms with E-state index in [1.54, 1.807) is 0 Å². The fraction of sp³-hybridized carbons (Fsp3) is 0.364. The van der Waals surface area contributed by atoms with Crippen molar-refractivity contribution in [3.63, 3.8) is 0 Å². The van der Waals surface area contributed by atoms with Gasteiger partial charge in [0, 0.05) is 10.5 Å². The Labute approximate surface area is 133 Å². The van der Waals surface area contributed by atoms with Gasteiger partial charge in [-0.3, -0.25) is 10.1 Å². The van der Waals surface area contributed by atoms with Gasteiger partial charge in [0.05, 0.1) is 10.4 Å². The van der Waals surface area contributed by atoms with Crippen LogP contribution in [-0.4, -0.2) is 14.5 Å². The highest BCUT2D eigenvalue weighted by Crippen LogP contribution is 2.43. The Morgan fingerprint density at radius 1 is 1.37 bits per heavy atom. The van der Waals surface area contributed by atoms with Gasteiger partial charge in [0.1, 0.15) is 4.47 Å². The minimum atomic E-state index is -0.401. The highest BCUT2D eigenvalue weighted by Gasteiger charge is 2.29. The predicted octanol–water partition coefficient (Wildman–Crippen LogP) is 4.96. The Kier molecular flexibility index (Phi) is 3.43. The third-order valence-electron chi connectivity index (χ3n) is 3.43. The van der Waals surface area contributed by atoms with Crippen LogP contribution in [0.4, 0.5) is 5.69 Å². The normalized spacial score (nSPS) is 15.7. The molecule has 0 unspecified atom stereocenters. The van der Waals surface area contributed by atoms with Crippen LogP contribution in [-0.2, 0) is 0 Å². The van der Waals surface area contributed by atoms with Gasteiger partial charge in [0.25, 0.3) is 0 Å². The molecule has 0 atom stereocenters. The van der Waals surface area contributed by atoms with Crippen LogP contribution >= 0.6 is 47.8 Å². The van der Waals surface area contributed by atoms with Gasteiger partial charge < -0.3 is 4.57 Å². The number of benzene rings is 1. The van der Waals surface area contributed by atoms with E-state index in [1.165, 1.54) is 6.42 Å². The number of halogens is 3. The van der Waals surface area contributed by atoms with Gasteiger partial charge in [-0.1, -0.05) is 0 Å². The Morgan fingerprint density at radius 3 is 2.58 bits per heavy atom. The van der Waals surface area contributed by atoms with Gasteiger partial charge in [0.15, 0.2) is 10.3 Å². The second kappa shape index (κ2) is 4.82. The molecule has 1 aliphatic rings. The Morgan fingerprint density at radius 2 is 2.05 bits per heavy atom. The molecule has 0 spiro atoms. The minimum Gasteiger partial charge on any atom is -0.315 e. The summed E-state index contributed by atoms with van der Waals surface area (Å²) in [5.74, 6) is 0. The van der Waals surface area contributed by atoms with Gasteiger partial charge in [0.2, 0.25) is 0 Å².